The Bertz CT molecular complexity index is 748. The molecule has 0 saturated carbocycles. The Labute approximate surface area is 139 Å². The topological polar surface area (TPSA) is 56.2 Å². The number of fused-ring (bicyclic) bond motifs is 1. The van der Waals surface area contributed by atoms with Crippen LogP contribution in [-0.4, -0.2) is 28.9 Å². The SMILES string of the molecule is O=C(Nc1nn(-c2ccc(F)cc2)c2c1CCC2)C1CCOCC1. The number of halogens is 1. The number of aromatic nitrogens is 2. The van der Waals surface area contributed by atoms with Gasteiger partial charge in [0, 0.05) is 30.4 Å². The third-order valence-electron chi connectivity index (χ3n) is 4.84. The van der Waals surface area contributed by atoms with E-state index in [0.717, 1.165) is 49.0 Å². The summed E-state index contributed by atoms with van der Waals surface area (Å²) in [5.74, 6) is 0.405. The fraction of sp³-hybridized carbons (Fsp3) is 0.444. The molecule has 1 amide bonds. The van der Waals surface area contributed by atoms with Crippen LogP contribution in [0, 0.1) is 11.7 Å². The van der Waals surface area contributed by atoms with Gasteiger partial charge in [0.2, 0.25) is 5.91 Å². The highest BCUT2D eigenvalue weighted by Crippen LogP contribution is 2.31. The van der Waals surface area contributed by atoms with Gasteiger partial charge in [-0.15, -0.1) is 5.10 Å². The first-order valence-electron chi connectivity index (χ1n) is 8.47. The molecule has 1 aromatic heterocycles. The van der Waals surface area contributed by atoms with Crippen molar-refractivity contribution in [3.63, 3.8) is 0 Å². The van der Waals surface area contributed by atoms with Gasteiger partial charge in [0.25, 0.3) is 0 Å². The van der Waals surface area contributed by atoms with E-state index in [1.807, 2.05) is 4.68 Å². The summed E-state index contributed by atoms with van der Waals surface area (Å²) in [6.07, 6.45) is 4.40. The van der Waals surface area contributed by atoms with Gasteiger partial charge >= 0.3 is 0 Å². The molecule has 2 aromatic rings. The van der Waals surface area contributed by atoms with Crippen molar-refractivity contribution in [2.24, 2.45) is 5.92 Å². The molecule has 0 bridgehead atoms. The van der Waals surface area contributed by atoms with E-state index in [-0.39, 0.29) is 17.6 Å². The third-order valence-corrected chi connectivity index (χ3v) is 4.84. The molecule has 4 rings (SSSR count). The minimum Gasteiger partial charge on any atom is -0.381 e. The number of hydrogen-bond donors (Lipinski definition) is 1. The number of carbonyl (C=O) groups excluding carboxylic acids is 1. The van der Waals surface area contributed by atoms with Gasteiger partial charge in [-0.25, -0.2) is 9.07 Å². The van der Waals surface area contributed by atoms with E-state index in [0.29, 0.717) is 19.0 Å². The molecule has 0 spiro atoms. The Hall–Kier alpha value is -2.21. The van der Waals surface area contributed by atoms with Crippen molar-refractivity contribution >= 4 is 11.7 Å². The number of nitrogens with zero attached hydrogens (tertiary/aromatic N) is 2. The van der Waals surface area contributed by atoms with Crippen LogP contribution in [0.4, 0.5) is 10.2 Å². The number of nitrogens with one attached hydrogen (secondary N) is 1. The second-order valence-electron chi connectivity index (χ2n) is 6.39. The summed E-state index contributed by atoms with van der Waals surface area (Å²) in [5.41, 5.74) is 3.05. The first-order valence-corrected chi connectivity index (χ1v) is 8.47. The molecule has 1 aromatic carbocycles. The number of hydrogen-bond acceptors (Lipinski definition) is 3. The maximum atomic E-state index is 13.2. The van der Waals surface area contributed by atoms with Crippen molar-refractivity contribution in [2.75, 3.05) is 18.5 Å². The van der Waals surface area contributed by atoms with Gasteiger partial charge < -0.3 is 10.1 Å². The lowest BCUT2D eigenvalue weighted by molar-refractivity contribution is -0.122. The zero-order valence-corrected chi connectivity index (χ0v) is 13.4. The summed E-state index contributed by atoms with van der Waals surface area (Å²) in [6.45, 7) is 1.28. The third kappa shape index (κ3) is 2.82. The Balaban J connectivity index is 1.61. The number of amides is 1. The molecule has 1 saturated heterocycles. The fourth-order valence-corrected chi connectivity index (χ4v) is 3.51. The largest absolute Gasteiger partial charge is 0.381 e. The molecule has 1 N–H and O–H groups in total. The Morgan fingerprint density at radius 3 is 2.71 bits per heavy atom. The average Bonchev–Trinajstić information content (AvgIpc) is 3.20. The summed E-state index contributed by atoms with van der Waals surface area (Å²) in [4.78, 5) is 12.5. The van der Waals surface area contributed by atoms with Crippen LogP contribution in [0.15, 0.2) is 24.3 Å². The predicted molar refractivity (Wildman–Crippen MR) is 87.7 cm³/mol. The molecule has 0 unspecified atom stereocenters. The fourth-order valence-electron chi connectivity index (χ4n) is 3.51. The molecule has 0 atom stereocenters. The molecule has 1 fully saturated rings. The van der Waals surface area contributed by atoms with Gasteiger partial charge in [0.15, 0.2) is 5.82 Å². The normalized spacial score (nSPS) is 17.7. The first kappa shape index (κ1) is 15.3. The lowest BCUT2D eigenvalue weighted by Crippen LogP contribution is -2.29. The van der Waals surface area contributed by atoms with Gasteiger partial charge in [-0.1, -0.05) is 0 Å². The number of ether oxygens (including phenoxy) is 1. The Morgan fingerprint density at radius 2 is 1.96 bits per heavy atom. The monoisotopic (exact) mass is 329 g/mol. The van der Waals surface area contributed by atoms with E-state index < -0.39 is 0 Å². The van der Waals surface area contributed by atoms with E-state index in [2.05, 4.69) is 10.4 Å². The van der Waals surface area contributed by atoms with Gasteiger partial charge in [-0.05, 0) is 56.4 Å². The summed E-state index contributed by atoms with van der Waals surface area (Å²) in [7, 11) is 0. The molecule has 0 radical (unpaired) electrons. The van der Waals surface area contributed by atoms with Crippen molar-refractivity contribution in [1.29, 1.82) is 0 Å². The van der Waals surface area contributed by atoms with Crippen molar-refractivity contribution in [1.82, 2.24) is 9.78 Å². The zero-order chi connectivity index (χ0) is 16.5. The molecule has 6 heteroatoms. The van der Waals surface area contributed by atoms with Gasteiger partial charge in [-0.3, -0.25) is 4.79 Å². The number of anilines is 1. The summed E-state index contributed by atoms with van der Waals surface area (Å²) in [6, 6.07) is 6.29. The van der Waals surface area contributed by atoms with Crippen LogP contribution < -0.4 is 5.32 Å². The van der Waals surface area contributed by atoms with E-state index in [1.165, 1.54) is 12.1 Å². The second-order valence-corrected chi connectivity index (χ2v) is 6.39. The predicted octanol–water partition coefficient (Wildman–Crippen LogP) is 2.87. The van der Waals surface area contributed by atoms with Gasteiger partial charge in [0.1, 0.15) is 5.82 Å². The van der Waals surface area contributed by atoms with Crippen LogP contribution >= 0.6 is 0 Å². The van der Waals surface area contributed by atoms with Crippen LogP contribution in [0.3, 0.4) is 0 Å². The molecule has 2 aliphatic rings. The molecule has 1 aliphatic carbocycles. The van der Waals surface area contributed by atoms with E-state index in [4.69, 9.17) is 4.74 Å². The molecular weight excluding hydrogens is 309 g/mol. The van der Waals surface area contributed by atoms with Crippen molar-refractivity contribution in [2.45, 2.75) is 32.1 Å². The van der Waals surface area contributed by atoms with Crippen LogP contribution in [0.2, 0.25) is 0 Å². The van der Waals surface area contributed by atoms with Crippen molar-refractivity contribution in [3.05, 3.63) is 41.3 Å². The van der Waals surface area contributed by atoms with Gasteiger partial charge in [0.05, 0.1) is 5.69 Å². The number of carbonyl (C=O) groups is 1. The maximum absolute atomic E-state index is 13.2. The minimum absolute atomic E-state index is 0.00762. The average molecular weight is 329 g/mol. The van der Waals surface area contributed by atoms with Crippen LogP contribution in [-0.2, 0) is 22.4 Å². The quantitative estimate of drug-likeness (QED) is 0.942. The lowest BCUT2D eigenvalue weighted by atomic mass is 9.99. The Kier molecular flexibility index (Phi) is 4.06. The van der Waals surface area contributed by atoms with Gasteiger partial charge in [-0.2, -0.15) is 0 Å². The van der Waals surface area contributed by atoms with E-state index >= 15 is 0 Å². The van der Waals surface area contributed by atoms with E-state index in [1.54, 1.807) is 12.1 Å². The highest BCUT2D eigenvalue weighted by Gasteiger charge is 2.27. The summed E-state index contributed by atoms with van der Waals surface area (Å²) >= 11 is 0. The standard InChI is InChI=1S/C18H20FN3O2/c19-13-4-6-14(7-5-13)22-16-3-1-2-15(16)17(21-22)20-18(23)12-8-10-24-11-9-12/h4-7,12H,1-3,8-11H2,(H,20,21,23). The highest BCUT2D eigenvalue weighted by molar-refractivity contribution is 5.92. The zero-order valence-electron chi connectivity index (χ0n) is 13.4. The van der Waals surface area contributed by atoms with E-state index in [9.17, 15) is 9.18 Å². The highest BCUT2D eigenvalue weighted by atomic mass is 19.1. The second kappa shape index (κ2) is 6.36. The van der Waals surface area contributed by atoms with Crippen molar-refractivity contribution < 1.29 is 13.9 Å². The number of rotatable bonds is 3. The summed E-state index contributed by atoms with van der Waals surface area (Å²) in [5, 5.41) is 7.61. The molecule has 126 valence electrons. The molecule has 2 heterocycles. The smallest absolute Gasteiger partial charge is 0.228 e. The number of benzene rings is 1. The maximum Gasteiger partial charge on any atom is 0.228 e. The molecular formula is C18H20FN3O2. The van der Waals surface area contributed by atoms with Crippen LogP contribution in [0.1, 0.15) is 30.5 Å². The first-order chi connectivity index (χ1) is 11.7. The Morgan fingerprint density at radius 1 is 1.21 bits per heavy atom. The van der Waals surface area contributed by atoms with Crippen LogP contribution in [0.25, 0.3) is 5.69 Å². The molecule has 1 aliphatic heterocycles. The lowest BCUT2D eigenvalue weighted by Gasteiger charge is -2.20. The van der Waals surface area contributed by atoms with Crippen LogP contribution in [0.5, 0.6) is 0 Å². The molecule has 24 heavy (non-hydrogen) atoms. The molecule has 5 nitrogen and oxygen atoms in total. The van der Waals surface area contributed by atoms with Crippen molar-refractivity contribution in [3.8, 4) is 5.69 Å². The minimum atomic E-state index is -0.268. The summed E-state index contributed by atoms with van der Waals surface area (Å²) < 4.78 is 20.3.